The molecule has 1 aliphatic heterocycles. The third-order valence-electron chi connectivity index (χ3n) is 5.62. The second-order valence-corrected chi connectivity index (χ2v) is 9.57. The van der Waals surface area contributed by atoms with E-state index in [1.165, 1.54) is 18.2 Å². The van der Waals surface area contributed by atoms with Crippen molar-refractivity contribution in [2.45, 2.75) is 62.4 Å². The van der Waals surface area contributed by atoms with Crippen molar-refractivity contribution in [3.63, 3.8) is 0 Å². The minimum Gasteiger partial charge on any atom is -0.349 e. The number of carbonyl (C=O) groups excluding carboxylic acids is 1. The van der Waals surface area contributed by atoms with Crippen LogP contribution in [0.5, 0.6) is 0 Å². The average Bonchev–Trinajstić information content (AvgIpc) is 3.50. The summed E-state index contributed by atoms with van der Waals surface area (Å²) < 4.78 is 28.2. The van der Waals surface area contributed by atoms with Gasteiger partial charge >= 0.3 is 0 Å². The number of H-pyrrole nitrogens is 1. The molecule has 1 amide bonds. The number of piperidine rings is 1. The van der Waals surface area contributed by atoms with Crippen LogP contribution in [0.1, 0.15) is 55.8 Å². The lowest BCUT2D eigenvalue weighted by atomic mass is 10.0. The van der Waals surface area contributed by atoms with Crippen LogP contribution in [0, 0.1) is 0 Å². The smallest absolute Gasteiger partial charge is 0.252 e. The van der Waals surface area contributed by atoms with Gasteiger partial charge < -0.3 is 10.3 Å². The lowest BCUT2D eigenvalue weighted by Crippen LogP contribution is -2.43. The first-order valence-corrected chi connectivity index (χ1v) is 11.3. The summed E-state index contributed by atoms with van der Waals surface area (Å²) in [5.74, 6) is -0.336. The predicted molar refractivity (Wildman–Crippen MR) is 107 cm³/mol. The van der Waals surface area contributed by atoms with Crippen molar-refractivity contribution >= 4 is 26.8 Å². The van der Waals surface area contributed by atoms with E-state index in [9.17, 15) is 18.0 Å². The van der Waals surface area contributed by atoms with Gasteiger partial charge in [0.25, 0.3) is 5.91 Å². The Morgan fingerprint density at radius 1 is 1.21 bits per heavy atom. The number of aromatic amines is 1. The van der Waals surface area contributed by atoms with E-state index in [1.54, 1.807) is 10.4 Å². The molecule has 1 aromatic carbocycles. The van der Waals surface area contributed by atoms with E-state index in [2.05, 4.69) is 10.3 Å². The number of benzene rings is 1. The van der Waals surface area contributed by atoms with Gasteiger partial charge in [0.15, 0.2) is 0 Å². The van der Waals surface area contributed by atoms with Gasteiger partial charge in [0.1, 0.15) is 0 Å². The van der Waals surface area contributed by atoms with Crippen molar-refractivity contribution < 1.29 is 13.2 Å². The number of nitrogens with one attached hydrogen (secondary N) is 2. The molecule has 1 saturated carbocycles. The van der Waals surface area contributed by atoms with Gasteiger partial charge in [0.2, 0.25) is 15.6 Å². The third kappa shape index (κ3) is 3.58. The molecule has 8 heteroatoms. The maximum atomic E-state index is 13.3. The molecule has 1 atom stereocenters. The van der Waals surface area contributed by atoms with Crippen LogP contribution in [-0.4, -0.2) is 42.2 Å². The topological polar surface area (TPSA) is 99.3 Å². The number of pyridine rings is 1. The minimum absolute atomic E-state index is 0.00247. The molecule has 28 heavy (non-hydrogen) atoms. The Kier molecular flexibility index (Phi) is 5.01. The number of sulfonamides is 1. The molecule has 1 aliphatic carbocycles. The number of carbonyl (C=O) groups is 1. The SMILES string of the molecule is CCC1CCCCN1S(=O)(=O)c1ccc2[nH]c(=O)cc(C(=O)NC3CC3)c2c1. The Labute approximate surface area is 164 Å². The zero-order chi connectivity index (χ0) is 19.9. The largest absolute Gasteiger partial charge is 0.349 e. The Balaban J connectivity index is 1.78. The molecule has 0 radical (unpaired) electrons. The van der Waals surface area contributed by atoms with Gasteiger partial charge in [-0.15, -0.1) is 0 Å². The van der Waals surface area contributed by atoms with Crippen LogP contribution in [0.2, 0.25) is 0 Å². The van der Waals surface area contributed by atoms with E-state index >= 15 is 0 Å². The van der Waals surface area contributed by atoms with Crippen LogP contribution in [-0.2, 0) is 10.0 Å². The summed E-state index contributed by atoms with van der Waals surface area (Å²) in [4.78, 5) is 27.4. The molecule has 1 saturated heterocycles. The highest BCUT2D eigenvalue weighted by Crippen LogP contribution is 2.29. The molecule has 7 nitrogen and oxygen atoms in total. The van der Waals surface area contributed by atoms with Gasteiger partial charge in [-0.05, 0) is 50.3 Å². The van der Waals surface area contributed by atoms with Gasteiger partial charge in [-0.25, -0.2) is 8.42 Å². The van der Waals surface area contributed by atoms with Crippen molar-refractivity contribution in [2.24, 2.45) is 0 Å². The zero-order valence-corrected chi connectivity index (χ0v) is 16.7. The molecule has 150 valence electrons. The summed E-state index contributed by atoms with van der Waals surface area (Å²) in [5.41, 5.74) is 0.289. The Bertz CT molecular complexity index is 1070. The first-order chi connectivity index (χ1) is 13.4. The van der Waals surface area contributed by atoms with Crippen molar-refractivity contribution in [1.29, 1.82) is 0 Å². The van der Waals surface area contributed by atoms with Gasteiger partial charge in [-0.2, -0.15) is 4.31 Å². The second-order valence-electron chi connectivity index (χ2n) is 7.68. The molecule has 0 spiro atoms. The summed E-state index contributed by atoms with van der Waals surface area (Å²) in [6, 6.07) is 5.99. The number of aromatic nitrogens is 1. The van der Waals surface area contributed by atoms with E-state index in [4.69, 9.17) is 0 Å². The predicted octanol–water partition coefficient (Wildman–Crippen LogP) is 2.37. The Morgan fingerprint density at radius 3 is 2.71 bits per heavy atom. The molecular weight excluding hydrogens is 378 g/mol. The summed E-state index contributed by atoms with van der Waals surface area (Å²) in [6.07, 6.45) is 5.39. The molecule has 2 aliphatic rings. The summed E-state index contributed by atoms with van der Waals surface area (Å²) in [7, 11) is -3.67. The van der Waals surface area contributed by atoms with Crippen LogP contribution in [0.15, 0.2) is 34.0 Å². The summed E-state index contributed by atoms with van der Waals surface area (Å²) in [6.45, 7) is 2.52. The van der Waals surface area contributed by atoms with Crippen molar-refractivity contribution in [3.05, 3.63) is 40.2 Å². The van der Waals surface area contributed by atoms with Crippen LogP contribution < -0.4 is 10.9 Å². The molecule has 2 heterocycles. The first-order valence-electron chi connectivity index (χ1n) is 9.90. The third-order valence-corrected chi connectivity index (χ3v) is 7.57. The van der Waals surface area contributed by atoms with E-state index < -0.39 is 10.0 Å². The maximum Gasteiger partial charge on any atom is 0.252 e. The highest BCUT2D eigenvalue weighted by molar-refractivity contribution is 7.89. The molecule has 0 bridgehead atoms. The zero-order valence-electron chi connectivity index (χ0n) is 15.9. The van der Waals surface area contributed by atoms with Crippen molar-refractivity contribution in [3.8, 4) is 0 Å². The lowest BCUT2D eigenvalue weighted by Gasteiger charge is -2.34. The fraction of sp³-hybridized carbons (Fsp3) is 0.500. The highest BCUT2D eigenvalue weighted by Gasteiger charge is 2.33. The van der Waals surface area contributed by atoms with Crippen LogP contribution >= 0.6 is 0 Å². The van der Waals surface area contributed by atoms with Crippen LogP contribution in [0.25, 0.3) is 10.9 Å². The minimum atomic E-state index is -3.67. The quantitative estimate of drug-likeness (QED) is 0.801. The summed E-state index contributed by atoms with van der Waals surface area (Å²) >= 11 is 0. The number of fused-ring (bicyclic) bond motifs is 1. The van der Waals surface area contributed by atoms with Crippen molar-refractivity contribution in [1.82, 2.24) is 14.6 Å². The number of hydrogen-bond donors (Lipinski definition) is 2. The normalized spacial score (nSPS) is 21.0. The fourth-order valence-electron chi connectivity index (χ4n) is 3.91. The van der Waals surface area contributed by atoms with Gasteiger partial charge in [0, 0.05) is 35.6 Å². The first kappa shape index (κ1) is 19.1. The monoisotopic (exact) mass is 403 g/mol. The number of rotatable bonds is 5. The van der Waals surface area contributed by atoms with E-state index in [0.29, 0.717) is 17.4 Å². The molecule has 1 aromatic heterocycles. The second kappa shape index (κ2) is 7.33. The van der Waals surface area contributed by atoms with Crippen LogP contribution in [0.4, 0.5) is 0 Å². The molecule has 2 N–H and O–H groups in total. The fourth-order valence-corrected chi connectivity index (χ4v) is 5.70. The van der Waals surface area contributed by atoms with Gasteiger partial charge in [0.05, 0.1) is 10.5 Å². The summed E-state index contributed by atoms with van der Waals surface area (Å²) in [5, 5.41) is 3.32. The number of amides is 1. The van der Waals surface area contributed by atoms with E-state index in [0.717, 1.165) is 38.5 Å². The van der Waals surface area contributed by atoms with Gasteiger partial charge in [-0.1, -0.05) is 13.3 Å². The maximum absolute atomic E-state index is 13.3. The van der Waals surface area contributed by atoms with Crippen LogP contribution in [0.3, 0.4) is 0 Å². The number of nitrogens with zero attached hydrogens (tertiary/aromatic N) is 1. The van der Waals surface area contributed by atoms with E-state index in [-0.39, 0.29) is 34.0 Å². The lowest BCUT2D eigenvalue weighted by molar-refractivity contribution is 0.0952. The molecule has 2 aromatic rings. The Morgan fingerprint density at radius 2 is 2.00 bits per heavy atom. The Hall–Kier alpha value is -2.19. The highest BCUT2D eigenvalue weighted by atomic mass is 32.2. The number of hydrogen-bond acceptors (Lipinski definition) is 4. The van der Waals surface area contributed by atoms with E-state index in [1.807, 2.05) is 6.92 Å². The standard InChI is InChI=1S/C20H25N3O4S/c1-2-14-5-3-4-10-23(14)28(26,27)15-8-9-18-16(11-15)17(12-19(24)22-18)20(25)21-13-6-7-13/h8-9,11-14H,2-7,10H2,1H3,(H,21,25)(H,22,24). The van der Waals surface area contributed by atoms with Crippen molar-refractivity contribution in [2.75, 3.05) is 6.54 Å². The molecular formula is C20H25N3O4S. The molecule has 4 rings (SSSR count). The molecule has 1 unspecified atom stereocenters. The molecule has 2 fully saturated rings. The van der Waals surface area contributed by atoms with Gasteiger partial charge in [-0.3, -0.25) is 9.59 Å². The average molecular weight is 404 g/mol.